The zero-order valence-electron chi connectivity index (χ0n) is 18.8. The van der Waals surface area contributed by atoms with E-state index in [2.05, 4.69) is 31.2 Å². The van der Waals surface area contributed by atoms with Crippen LogP contribution in [0.2, 0.25) is 0 Å². The van der Waals surface area contributed by atoms with Gasteiger partial charge >= 0.3 is 0 Å². The maximum atomic E-state index is 13.4. The van der Waals surface area contributed by atoms with Crippen LogP contribution in [0, 0.1) is 5.82 Å². The van der Waals surface area contributed by atoms with Crippen molar-refractivity contribution in [1.29, 1.82) is 0 Å². The van der Waals surface area contributed by atoms with Crippen molar-refractivity contribution >= 4 is 33.9 Å². The van der Waals surface area contributed by atoms with E-state index in [1.54, 1.807) is 0 Å². The fraction of sp³-hybridized carbons (Fsp3) is 0.440. The van der Waals surface area contributed by atoms with Gasteiger partial charge in [0, 0.05) is 44.5 Å². The van der Waals surface area contributed by atoms with Gasteiger partial charge in [-0.15, -0.1) is 0 Å². The van der Waals surface area contributed by atoms with E-state index < -0.39 is 0 Å². The van der Waals surface area contributed by atoms with Crippen molar-refractivity contribution in [2.75, 3.05) is 43.8 Å². The van der Waals surface area contributed by atoms with E-state index in [1.165, 1.54) is 24.3 Å². The average molecular weight is 467 g/mol. The topological polar surface area (TPSA) is 57.5 Å². The number of piperidine rings is 1. The highest BCUT2D eigenvalue weighted by Crippen LogP contribution is 2.24. The summed E-state index contributed by atoms with van der Waals surface area (Å²) in [7, 11) is 0. The SMILES string of the molecule is Fc1ccc(Cn2c(NC3CCN(CCNC4=NCCCS4)CC3)nc3ccccc32)cc1. The Morgan fingerprint density at radius 3 is 2.67 bits per heavy atom. The predicted molar refractivity (Wildman–Crippen MR) is 136 cm³/mol. The Morgan fingerprint density at radius 2 is 1.88 bits per heavy atom. The lowest BCUT2D eigenvalue weighted by Gasteiger charge is -2.32. The lowest BCUT2D eigenvalue weighted by atomic mass is 10.1. The molecule has 0 unspecified atom stereocenters. The molecular weight excluding hydrogens is 435 g/mol. The van der Waals surface area contributed by atoms with Crippen LogP contribution in [0.3, 0.4) is 0 Å². The van der Waals surface area contributed by atoms with Gasteiger partial charge in [-0.3, -0.25) is 4.99 Å². The van der Waals surface area contributed by atoms with E-state index in [-0.39, 0.29) is 5.82 Å². The molecule has 6 nitrogen and oxygen atoms in total. The lowest BCUT2D eigenvalue weighted by Crippen LogP contribution is -2.42. The van der Waals surface area contributed by atoms with Gasteiger partial charge in [-0.05, 0) is 49.1 Å². The number of nitrogens with one attached hydrogen (secondary N) is 2. The van der Waals surface area contributed by atoms with Gasteiger partial charge < -0.3 is 20.1 Å². The standard InChI is InChI=1S/C25H31FN6S/c26-20-8-6-19(7-9-20)18-32-23-5-2-1-4-22(23)30-24(32)29-21-10-14-31(15-11-21)16-13-28-25-27-12-3-17-33-25/h1-2,4-9,21H,3,10-18H2,(H,27,28)(H,29,30). The Morgan fingerprint density at radius 1 is 1.06 bits per heavy atom. The highest BCUT2D eigenvalue weighted by atomic mass is 32.2. The largest absolute Gasteiger partial charge is 0.364 e. The van der Waals surface area contributed by atoms with Gasteiger partial charge in [0.25, 0.3) is 0 Å². The molecule has 0 spiro atoms. The van der Waals surface area contributed by atoms with Crippen LogP contribution in [0.4, 0.5) is 10.3 Å². The van der Waals surface area contributed by atoms with Crippen molar-refractivity contribution in [3.05, 3.63) is 59.9 Å². The zero-order valence-corrected chi connectivity index (χ0v) is 19.7. The fourth-order valence-electron chi connectivity index (χ4n) is 4.49. The Kier molecular flexibility index (Phi) is 7.12. The normalized spacial score (nSPS) is 17.8. The van der Waals surface area contributed by atoms with Crippen LogP contribution in [0.1, 0.15) is 24.8 Å². The Labute approximate surface area is 198 Å². The molecule has 33 heavy (non-hydrogen) atoms. The molecule has 0 amide bonds. The summed E-state index contributed by atoms with van der Waals surface area (Å²) in [6.45, 7) is 5.79. The summed E-state index contributed by atoms with van der Waals surface area (Å²) in [5, 5.41) is 8.31. The Balaban J connectivity index is 1.19. The number of amidine groups is 1. The van der Waals surface area contributed by atoms with Crippen LogP contribution in [0.15, 0.2) is 53.5 Å². The molecule has 2 aromatic carbocycles. The maximum absolute atomic E-state index is 13.4. The summed E-state index contributed by atoms with van der Waals surface area (Å²) >= 11 is 1.84. The van der Waals surface area contributed by atoms with Gasteiger partial charge in [0.2, 0.25) is 5.95 Å². The number of nitrogens with zero attached hydrogens (tertiary/aromatic N) is 4. The van der Waals surface area contributed by atoms with E-state index in [1.807, 2.05) is 42.1 Å². The number of hydrogen-bond acceptors (Lipinski definition) is 6. The van der Waals surface area contributed by atoms with Gasteiger partial charge in [0.05, 0.1) is 17.6 Å². The minimum atomic E-state index is -0.208. The van der Waals surface area contributed by atoms with Gasteiger partial charge in [0.1, 0.15) is 5.82 Å². The first-order chi connectivity index (χ1) is 16.2. The third-order valence-corrected chi connectivity index (χ3v) is 7.37. The number of fused-ring (bicyclic) bond motifs is 1. The second kappa shape index (κ2) is 10.6. The van der Waals surface area contributed by atoms with E-state index in [4.69, 9.17) is 4.98 Å². The molecule has 2 aliphatic heterocycles. The molecule has 2 N–H and O–H groups in total. The molecule has 0 aliphatic carbocycles. The summed E-state index contributed by atoms with van der Waals surface area (Å²) in [6.07, 6.45) is 3.37. The third kappa shape index (κ3) is 5.68. The second-order valence-electron chi connectivity index (χ2n) is 8.71. The van der Waals surface area contributed by atoms with E-state index in [0.717, 1.165) is 73.3 Å². The first kappa shape index (κ1) is 22.2. The number of para-hydroxylation sites is 2. The number of hydrogen-bond donors (Lipinski definition) is 2. The summed E-state index contributed by atoms with van der Waals surface area (Å²) in [6, 6.07) is 15.3. The number of benzene rings is 2. The number of anilines is 1. The molecule has 174 valence electrons. The van der Waals surface area contributed by atoms with E-state index in [0.29, 0.717) is 12.6 Å². The highest BCUT2D eigenvalue weighted by molar-refractivity contribution is 8.13. The first-order valence-electron chi connectivity index (χ1n) is 11.8. The number of aliphatic imine (C=N–C) groups is 1. The van der Waals surface area contributed by atoms with Crippen molar-refractivity contribution in [1.82, 2.24) is 19.8 Å². The third-order valence-electron chi connectivity index (χ3n) is 6.33. The van der Waals surface area contributed by atoms with Crippen LogP contribution in [-0.4, -0.2) is 64.1 Å². The number of imidazole rings is 1. The maximum Gasteiger partial charge on any atom is 0.204 e. The minimum absolute atomic E-state index is 0.208. The smallest absolute Gasteiger partial charge is 0.204 e. The van der Waals surface area contributed by atoms with Gasteiger partial charge in [0.15, 0.2) is 5.17 Å². The quantitative estimate of drug-likeness (QED) is 0.547. The van der Waals surface area contributed by atoms with Crippen LogP contribution in [-0.2, 0) is 6.54 Å². The molecule has 0 saturated carbocycles. The number of rotatable bonds is 7. The van der Waals surface area contributed by atoms with Crippen LogP contribution in [0.25, 0.3) is 11.0 Å². The van der Waals surface area contributed by atoms with E-state index in [9.17, 15) is 4.39 Å². The number of thioether (sulfide) groups is 1. The van der Waals surface area contributed by atoms with Crippen LogP contribution >= 0.6 is 11.8 Å². The zero-order chi connectivity index (χ0) is 22.5. The summed E-state index contributed by atoms with van der Waals surface area (Å²) in [4.78, 5) is 12.0. The van der Waals surface area contributed by atoms with Crippen LogP contribution in [0.5, 0.6) is 0 Å². The van der Waals surface area contributed by atoms with Gasteiger partial charge in [-0.1, -0.05) is 36.0 Å². The lowest BCUT2D eigenvalue weighted by molar-refractivity contribution is 0.222. The van der Waals surface area contributed by atoms with Crippen molar-refractivity contribution in [2.24, 2.45) is 4.99 Å². The molecule has 0 atom stereocenters. The summed E-state index contributed by atoms with van der Waals surface area (Å²) in [5.74, 6) is 1.86. The van der Waals surface area contributed by atoms with Crippen molar-refractivity contribution in [2.45, 2.75) is 31.8 Å². The molecule has 0 radical (unpaired) electrons. The molecule has 1 aromatic heterocycles. The fourth-order valence-corrected chi connectivity index (χ4v) is 5.34. The number of likely N-dealkylation sites (tertiary alicyclic amines) is 1. The van der Waals surface area contributed by atoms with E-state index >= 15 is 0 Å². The van der Waals surface area contributed by atoms with Gasteiger partial charge in [-0.2, -0.15) is 0 Å². The van der Waals surface area contributed by atoms with Crippen molar-refractivity contribution < 1.29 is 4.39 Å². The Bertz CT molecular complexity index is 1090. The highest BCUT2D eigenvalue weighted by Gasteiger charge is 2.21. The molecule has 5 rings (SSSR count). The van der Waals surface area contributed by atoms with Gasteiger partial charge in [-0.25, -0.2) is 9.37 Å². The molecule has 2 aliphatic rings. The number of halogens is 1. The van der Waals surface area contributed by atoms with Crippen molar-refractivity contribution in [3.8, 4) is 0 Å². The summed E-state index contributed by atoms with van der Waals surface area (Å²) < 4.78 is 15.6. The molecule has 3 aromatic rings. The monoisotopic (exact) mass is 466 g/mol. The van der Waals surface area contributed by atoms with Crippen LogP contribution < -0.4 is 10.6 Å². The second-order valence-corrected chi connectivity index (χ2v) is 9.80. The summed E-state index contributed by atoms with van der Waals surface area (Å²) in [5.41, 5.74) is 3.14. The molecular formula is C25H31FN6S. The number of aromatic nitrogens is 2. The molecule has 8 heteroatoms. The molecule has 0 bridgehead atoms. The molecule has 1 fully saturated rings. The Hall–Kier alpha value is -2.58. The predicted octanol–water partition coefficient (Wildman–Crippen LogP) is 4.18. The first-order valence-corrected chi connectivity index (χ1v) is 12.8. The molecule has 3 heterocycles. The molecule has 1 saturated heterocycles. The average Bonchev–Trinajstić information content (AvgIpc) is 3.19. The van der Waals surface area contributed by atoms with Crippen molar-refractivity contribution in [3.63, 3.8) is 0 Å². The minimum Gasteiger partial charge on any atom is -0.364 e.